The number of halogens is 4. The molecule has 2 nitrogen and oxygen atoms in total. The van der Waals surface area contributed by atoms with Crippen molar-refractivity contribution < 1.29 is 13.2 Å². The van der Waals surface area contributed by atoms with Crippen LogP contribution in [0.1, 0.15) is 12.0 Å². The molecule has 18 heavy (non-hydrogen) atoms. The molecule has 0 aromatic heterocycles. The average Bonchev–Trinajstić information content (AvgIpc) is 2.75. The van der Waals surface area contributed by atoms with Crippen molar-refractivity contribution in [3.63, 3.8) is 0 Å². The first kappa shape index (κ1) is 13.7. The Hall–Kier alpha value is -0.750. The van der Waals surface area contributed by atoms with Gasteiger partial charge < -0.3 is 10.2 Å². The molecule has 1 fully saturated rings. The van der Waals surface area contributed by atoms with Crippen molar-refractivity contribution in [3.05, 3.63) is 28.2 Å². The maximum Gasteiger partial charge on any atom is 0.418 e. The van der Waals surface area contributed by atoms with Crippen molar-refractivity contribution in [1.82, 2.24) is 5.32 Å². The van der Waals surface area contributed by atoms with Gasteiger partial charge in [-0.1, -0.05) is 15.9 Å². The van der Waals surface area contributed by atoms with E-state index in [0.717, 1.165) is 12.5 Å². The second-order valence-corrected chi connectivity index (χ2v) is 5.30. The SMILES string of the molecule is CNC1CCN(c2cc(Br)ccc2C(F)(F)F)C1. The van der Waals surface area contributed by atoms with E-state index in [9.17, 15) is 13.2 Å². The fourth-order valence-corrected chi connectivity index (χ4v) is 2.57. The summed E-state index contributed by atoms with van der Waals surface area (Å²) in [6.45, 7) is 1.25. The molecule has 100 valence electrons. The first-order valence-electron chi connectivity index (χ1n) is 5.71. The van der Waals surface area contributed by atoms with Crippen molar-refractivity contribution in [2.75, 3.05) is 25.0 Å². The molecule has 1 aliphatic heterocycles. The summed E-state index contributed by atoms with van der Waals surface area (Å²) < 4.78 is 39.5. The molecule has 0 aliphatic carbocycles. The van der Waals surface area contributed by atoms with Crippen molar-refractivity contribution >= 4 is 21.6 Å². The maximum atomic E-state index is 13.0. The van der Waals surface area contributed by atoms with Gasteiger partial charge in [0.15, 0.2) is 0 Å². The van der Waals surface area contributed by atoms with E-state index in [0.29, 0.717) is 17.6 Å². The molecule has 1 aromatic carbocycles. The highest BCUT2D eigenvalue weighted by Gasteiger charge is 2.36. The Bertz CT molecular complexity index is 434. The highest BCUT2D eigenvalue weighted by molar-refractivity contribution is 9.10. The Morgan fingerprint density at radius 2 is 2.11 bits per heavy atom. The molecule has 1 unspecified atom stereocenters. The minimum atomic E-state index is -4.31. The Balaban J connectivity index is 2.34. The highest BCUT2D eigenvalue weighted by atomic mass is 79.9. The van der Waals surface area contributed by atoms with Gasteiger partial charge in [-0.25, -0.2) is 0 Å². The van der Waals surface area contributed by atoms with Crippen LogP contribution in [0.2, 0.25) is 0 Å². The van der Waals surface area contributed by atoms with Gasteiger partial charge in [0, 0.05) is 23.6 Å². The second kappa shape index (κ2) is 5.09. The van der Waals surface area contributed by atoms with Crippen LogP contribution in [-0.4, -0.2) is 26.2 Å². The molecule has 1 saturated heterocycles. The summed E-state index contributed by atoms with van der Waals surface area (Å²) in [6.07, 6.45) is -3.45. The third-order valence-corrected chi connectivity index (χ3v) is 3.70. The molecule has 0 saturated carbocycles. The zero-order chi connectivity index (χ0) is 13.3. The van der Waals surface area contributed by atoms with Crippen LogP contribution >= 0.6 is 15.9 Å². The summed E-state index contributed by atoms with van der Waals surface area (Å²) in [5.41, 5.74) is -0.308. The van der Waals surface area contributed by atoms with Crippen LogP contribution < -0.4 is 10.2 Å². The monoisotopic (exact) mass is 322 g/mol. The predicted octanol–water partition coefficient (Wildman–Crippen LogP) is 3.27. The van der Waals surface area contributed by atoms with Gasteiger partial charge in [0.05, 0.1) is 11.3 Å². The first-order chi connectivity index (χ1) is 8.41. The van der Waals surface area contributed by atoms with E-state index in [2.05, 4.69) is 21.2 Å². The summed E-state index contributed by atoms with van der Waals surface area (Å²) in [6, 6.07) is 4.36. The summed E-state index contributed by atoms with van der Waals surface area (Å²) >= 11 is 3.23. The predicted molar refractivity (Wildman–Crippen MR) is 68.8 cm³/mol. The molecule has 6 heteroatoms. The quantitative estimate of drug-likeness (QED) is 0.899. The third-order valence-electron chi connectivity index (χ3n) is 3.20. The van der Waals surface area contributed by atoms with Crippen LogP contribution in [0.25, 0.3) is 0 Å². The summed E-state index contributed by atoms with van der Waals surface area (Å²) in [4.78, 5) is 1.79. The normalized spacial score (nSPS) is 20.5. The van der Waals surface area contributed by atoms with Gasteiger partial charge in [0.1, 0.15) is 0 Å². The topological polar surface area (TPSA) is 15.3 Å². The van der Waals surface area contributed by atoms with Gasteiger partial charge >= 0.3 is 6.18 Å². The summed E-state index contributed by atoms with van der Waals surface area (Å²) in [7, 11) is 1.83. The standard InChI is InChI=1S/C12H14BrF3N2/c1-17-9-4-5-18(7-9)11-6-8(13)2-3-10(11)12(14,15)16/h2-3,6,9,17H,4-5,7H2,1H3. The molecule has 1 heterocycles. The third kappa shape index (κ3) is 2.80. The molecular weight excluding hydrogens is 309 g/mol. The van der Waals surface area contributed by atoms with Gasteiger partial charge in [-0.05, 0) is 31.7 Å². The molecule has 0 spiro atoms. The van der Waals surface area contributed by atoms with E-state index in [1.54, 1.807) is 11.0 Å². The number of nitrogens with one attached hydrogen (secondary N) is 1. The van der Waals surface area contributed by atoms with Crippen LogP contribution in [0.15, 0.2) is 22.7 Å². The molecule has 2 rings (SSSR count). The lowest BCUT2D eigenvalue weighted by Crippen LogP contribution is -2.30. The molecule has 1 aromatic rings. The lowest BCUT2D eigenvalue weighted by atomic mass is 10.1. The largest absolute Gasteiger partial charge is 0.418 e. The van der Waals surface area contributed by atoms with E-state index in [-0.39, 0.29) is 11.7 Å². The van der Waals surface area contributed by atoms with E-state index in [4.69, 9.17) is 0 Å². The van der Waals surface area contributed by atoms with E-state index < -0.39 is 11.7 Å². The van der Waals surface area contributed by atoms with Gasteiger partial charge in [-0.3, -0.25) is 0 Å². The lowest BCUT2D eigenvalue weighted by Gasteiger charge is -2.23. The minimum absolute atomic E-state index is 0.255. The Morgan fingerprint density at radius 1 is 1.39 bits per heavy atom. The van der Waals surface area contributed by atoms with Crippen LogP contribution in [0, 0.1) is 0 Å². The Labute approximate surface area is 112 Å². The van der Waals surface area contributed by atoms with Crippen molar-refractivity contribution in [3.8, 4) is 0 Å². The van der Waals surface area contributed by atoms with Gasteiger partial charge in [0.2, 0.25) is 0 Å². The molecule has 0 bridgehead atoms. The van der Waals surface area contributed by atoms with Crippen molar-refractivity contribution in [1.29, 1.82) is 0 Å². The first-order valence-corrected chi connectivity index (χ1v) is 6.50. The number of alkyl halides is 3. The highest BCUT2D eigenvalue weighted by Crippen LogP contribution is 2.39. The molecule has 1 N–H and O–H groups in total. The van der Waals surface area contributed by atoms with Crippen LogP contribution in [0.5, 0.6) is 0 Å². The molecule has 1 atom stereocenters. The molecule has 1 aliphatic rings. The van der Waals surface area contributed by atoms with E-state index in [1.807, 2.05) is 7.05 Å². The summed E-state index contributed by atoms with van der Waals surface area (Å²) in [5.74, 6) is 0. The number of hydrogen-bond acceptors (Lipinski definition) is 2. The van der Waals surface area contributed by atoms with Crippen LogP contribution in [-0.2, 0) is 6.18 Å². The van der Waals surface area contributed by atoms with E-state index in [1.165, 1.54) is 6.07 Å². The molecule has 0 radical (unpaired) electrons. The van der Waals surface area contributed by atoms with Crippen molar-refractivity contribution in [2.24, 2.45) is 0 Å². The zero-order valence-corrected chi connectivity index (χ0v) is 11.5. The number of benzene rings is 1. The van der Waals surface area contributed by atoms with Gasteiger partial charge in [0.25, 0.3) is 0 Å². The Kier molecular flexibility index (Phi) is 3.87. The minimum Gasteiger partial charge on any atom is -0.369 e. The summed E-state index contributed by atoms with van der Waals surface area (Å²) in [5, 5.41) is 3.10. The van der Waals surface area contributed by atoms with Crippen LogP contribution in [0.4, 0.5) is 18.9 Å². The fourth-order valence-electron chi connectivity index (χ4n) is 2.22. The number of rotatable bonds is 2. The lowest BCUT2D eigenvalue weighted by molar-refractivity contribution is -0.137. The Morgan fingerprint density at radius 3 is 2.67 bits per heavy atom. The van der Waals surface area contributed by atoms with Gasteiger partial charge in [-0.15, -0.1) is 0 Å². The second-order valence-electron chi connectivity index (χ2n) is 4.38. The number of likely N-dealkylation sites (N-methyl/N-ethyl adjacent to an activating group) is 1. The molecule has 0 amide bonds. The smallest absolute Gasteiger partial charge is 0.369 e. The van der Waals surface area contributed by atoms with E-state index >= 15 is 0 Å². The van der Waals surface area contributed by atoms with Crippen LogP contribution in [0.3, 0.4) is 0 Å². The number of nitrogens with zero attached hydrogens (tertiary/aromatic N) is 1. The number of hydrogen-bond donors (Lipinski definition) is 1. The van der Waals surface area contributed by atoms with Crippen molar-refractivity contribution in [2.45, 2.75) is 18.6 Å². The average molecular weight is 323 g/mol. The van der Waals surface area contributed by atoms with Gasteiger partial charge in [-0.2, -0.15) is 13.2 Å². The zero-order valence-electron chi connectivity index (χ0n) is 9.89. The number of anilines is 1. The maximum absolute atomic E-state index is 13.0. The fraction of sp³-hybridized carbons (Fsp3) is 0.500. The molecular formula is C12H14BrF3N2.